The van der Waals surface area contributed by atoms with Crippen molar-refractivity contribution in [3.8, 4) is 5.75 Å². The summed E-state index contributed by atoms with van der Waals surface area (Å²) in [5.41, 5.74) is 5.46. The minimum Gasteiger partial charge on any atom is -0.493 e. The Kier molecular flexibility index (Phi) is 6.87. The van der Waals surface area contributed by atoms with Gasteiger partial charge in [0.1, 0.15) is 17.1 Å². The zero-order chi connectivity index (χ0) is 24.2. The van der Waals surface area contributed by atoms with Crippen molar-refractivity contribution in [1.82, 2.24) is 4.90 Å². The molecule has 1 N–H and O–H groups in total. The van der Waals surface area contributed by atoms with Gasteiger partial charge in [-0.25, -0.2) is 0 Å². The van der Waals surface area contributed by atoms with Gasteiger partial charge in [-0.3, -0.25) is 9.69 Å². The number of fused-ring (bicyclic) bond motifs is 2. The van der Waals surface area contributed by atoms with Crippen molar-refractivity contribution in [1.29, 1.82) is 0 Å². The molecule has 4 aromatic rings. The van der Waals surface area contributed by atoms with Crippen LogP contribution < -0.4 is 4.74 Å². The van der Waals surface area contributed by atoms with E-state index in [1.54, 1.807) is 0 Å². The first-order chi connectivity index (χ1) is 17.0. The Bertz CT molecular complexity index is 1310. The fourth-order valence-corrected chi connectivity index (χ4v) is 4.98. The second kappa shape index (κ2) is 10.4. The molecule has 0 spiro atoms. The molecule has 0 bridgehead atoms. The average molecular weight is 470 g/mol. The van der Waals surface area contributed by atoms with E-state index in [1.807, 2.05) is 24.3 Å². The maximum atomic E-state index is 11.1. The highest BCUT2D eigenvalue weighted by molar-refractivity contribution is 5.80. The summed E-state index contributed by atoms with van der Waals surface area (Å²) in [7, 11) is 0. The van der Waals surface area contributed by atoms with Gasteiger partial charge in [-0.2, -0.15) is 0 Å². The predicted molar refractivity (Wildman–Crippen MR) is 137 cm³/mol. The third kappa shape index (κ3) is 5.57. The molecule has 0 fully saturated rings. The highest BCUT2D eigenvalue weighted by atomic mass is 16.5. The summed E-state index contributed by atoms with van der Waals surface area (Å²) >= 11 is 0. The normalized spacial score (nSPS) is 13.7. The van der Waals surface area contributed by atoms with Crippen LogP contribution >= 0.6 is 0 Å². The molecule has 5 rings (SSSR count). The van der Waals surface area contributed by atoms with E-state index in [2.05, 4.69) is 60.4 Å². The van der Waals surface area contributed by atoms with Gasteiger partial charge >= 0.3 is 5.97 Å². The van der Waals surface area contributed by atoms with Crippen LogP contribution in [-0.2, 0) is 30.6 Å². The van der Waals surface area contributed by atoms with Gasteiger partial charge in [-0.05, 0) is 40.8 Å². The quantitative estimate of drug-likeness (QED) is 0.316. The second-order valence-corrected chi connectivity index (χ2v) is 9.46. The molecule has 1 atom stereocenters. The fourth-order valence-electron chi connectivity index (χ4n) is 4.98. The van der Waals surface area contributed by atoms with Crippen LogP contribution in [0.2, 0.25) is 0 Å². The number of nitrogens with zero attached hydrogens (tertiary/aromatic N) is 1. The van der Waals surface area contributed by atoms with E-state index in [0.29, 0.717) is 5.92 Å². The Morgan fingerprint density at radius 1 is 1.06 bits per heavy atom. The Morgan fingerprint density at radius 3 is 2.74 bits per heavy atom. The number of furan rings is 1. The van der Waals surface area contributed by atoms with Crippen molar-refractivity contribution in [3.63, 3.8) is 0 Å². The van der Waals surface area contributed by atoms with Crippen LogP contribution in [0.5, 0.6) is 5.75 Å². The molecule has 180 valence electrons. The lowest BCUT2D eigenvalue weighted by atomic mass is 10.00. The van der Waals surface area contributed by atoms with Gasteiger partial charge in [-0.1, -0.05) is 61.5 Å². The molecule has 0 saturated carbocycles. The largest absolute Gasteiger partial charge is 0.493 e. The second-order valence-electron chi connectivity index (χ2n) is 9.46. The first-order valence-corrected chi connectivity index (χ1v) is 12.3. The zero-order valence-corrected chi connectivity index (χ0v) is 20.1. The van der Waals surface area contributed by atoms with E-state index < -0.39 is 5.97 Å². The van der Waals surface area contributed by atoms with Crippen molar-refractivity contribution in [2.45, 2.75) is 38.6 Å². The number of carboxylic acids is 1. The summed E-state index contributed by atoms with van der Waals surface area (Å²) in [6.07, 6.45) is 1.78. The van der Waals surface area contributed by atoms with Crippen LogP contribution in [0.15, 0.2) is 77.2 Å². The summed E-state index contributed by atoms with van der Waals surface area (Å²) in [6, 6.07) is 24.8. The molecule has 3 aromatic carbocycles. The Morgan fingerprint density at radius 2 is 1.91 bits per heavy atom. The van der Waals surface area contributed by atoms with Gasteiger partial charge < -0.3 is 14.3 Å². The molecular weight excluding hydrogens is 438 g/mol. The fraction of sp³-hybridized carbons (Fsp3) is 0.300. The molecule has 1 aliphatic heterocycles. The number of para-hydroxylation sites is 1. The Hall–Kier alpha value is -3.57. The molecule has 0 amide bonds. The number of ether oxygens (including phenoxy) is 1. The monoisotopic (exact) mass is 469 g/mol. The lowest BCUT2D eigenvalue weighted by Crippen LogP contribution is -2.29. The summed E-state index contributed by atoms with van der Waals surface area (Å²) in [6.45, 7) is 5.64. The molecule has 35 heavy (non-hydrogen) atoms. The van der Waals surface area contributed by atoms with Crippen molar-refractivity contribution < 1.29 is 19.1 Å². The number of carboxylic acid groups (broad SMARTS) is 1. The lowest BCUT2D eigenvalue weighted by Gasteiger charge is -2.26. The number of rotatable bonds is 10. The predicted octanol–water partition coefficient (Wildman–Crippen LogP) is 5.84. The Balaban J connectivity index is 1.33. The van der Waals surface area contributed by atoms with Gasteiger partial charge in [0.05, 0.1) is 13.0 Å². The van der Waals surface area contributed by atoms with Crippen molar-refractivity contribution in [3.05, 3.63) is 101 Å². The van der Waals surface area contributed by atoms with E-state index in [9.17, 15) is 4.79 Å². The molecule has 0 radical (unpaired) electrons. The molecule has 0 saturated heterocycles. The molecule has 0 aliphatic carbocycles. The third-order valence-electron chi connectivity index (χ3n) is 6.75. The van der Waals surface area contributed by atoms with E-state index in [4.69, 9.17) is 14.3 Å². The van der Waals surface area contributed by atoms with E-state index in [0.717, 1.165) is 67.1 Å². The standard InChI is InChI=1S/C30H31NO4/c1-21(23-6-3-2-4-7-23)19-31(20-25-9-5-8-24-13-15-34-30(24)25)14-12-27-18-26-16-22(17-29(32)33)10-11-28(26)35-27/h2-11,16,18,21H,12-15,17,19-20H2,1H3,(H,32,33)/t21-/m1/s1. The van der Waals surface area contributed by atoms with Gasteiger partial charge in [0.25, 0.3) is 0 Å². The van der Waals surface area contributed by atoms with Crippen LogP contribution in [0.1, 0.15) is 40.9 Å². The minimum absolute atomic E-state index is 0.0189. The number of benzene rings is 3. The third-order valence-corrected chi connectivity index (χ3v) is 6.75. The number of carbonyl (C=O) groups is 1. The Labute approximate surface area is 205 Å². The molecule has 5 heteroatoms. The van der Waals surface area contributed by atoms with Gasteiger partial charge in [0.2, 0.25) is 0 Å². The van der Waals surface area contributed by atoms with Gasteiger partial charge in [0, 0.05) is 43.4 Å². The summed E-state index contributed by atoms with van der Waals surface area (Å²) in [4.78, 5) is 13.5. The van der Waals surface area contributed by atoms with Crippen molar-refractivity contribution >= 4 is 16.9 Å². The SMILES string of the molecule is C[C@H](CN(CCc1cc2cc(CC(=O)O)ccc2o1)Cc1cccc2c1OCC2)c1ccccc1. The van der Waals surface area contributed by atoms with E-state index >= 15 is 0 Å². The topological polar surface area (TPSA) is 62.9 Å². The highest BCUT2D eigenvalue weighted by Gasteiger charge is 2.20. The first kappa shape index (κ1) is 23.2. The van der Waals surface area contributed by atoms with Crippen LogP contribution in [0.3, 0.4) is 0 Å². The number of hydrogen-bond acceptors (Lipinski definition) is 4. The molecule has 1 aliphatic rings. The summed E-state index contributed by atoms with van der Waals surface area (Å²) < 4.78 is 12.1. The van der Waals surface area contributed by atoms with Crippen molar-refractivity contribution in [2.75, 3.05) is 19.7 Å². The molecule has 1 aromatic heterocycles. The highest BCUT2D eigenvalue weighted by Crippen LogP contribution is 2.31. The van der Waals surface area contributed by atoms with Gasteiger partial charge in [0.15, 0.2) is 0 Å². The number of hydrogen-bond donors (Lipinski definition) is 1. The molecule has 0 unspecified atom stereocenters. The van der Waals surface area contributed by atoms with Crippen LogP contribution in [0.25, 0.3) is 11.0 Å². The average Bonchev–Trinajstić information content (AvgIpc) is 3.49. The molecule has 5 nitrogen and oxygen atoms in total. The number of aliphatic carboxylic acids is 1. The van der Waals surface area contributed by atoms with Crippen LogP contribution in [-0.4, -0.2) is 35.7 Å². The van der Waals surface area contributed by atoms with Gasteiger partial charge in [-0.15, -0.1) is 0 Å². The van der Waals surface area contributed by atoms with E-state index in [1.165, 1.54) is 16.7 Å². The molecular formula is C30H31NO4. The summed E-state index contributed by atoms with van der Waals surface area (Å²) in [5, 5.41) is 10.0. The van der Waals surface area contributed by atoms with Crippen LogP contribution in [0, 0.1) is 0 Å². The smallest absolute Gasteiger partial charge is 0.307 e. The first-order valence-electron chi connectivity index (χ1n) is 12.3. The minimum atomic E-state index is -0.826. The maximum Gasteiger partial charge on any atom is 0.307 e. The maximum absolute atomic E-state index is 11.1. The van der Waals surface area contributed by atoms with E-state index in [-0.39, 0.29) is 6.42 Å². The molecule has 2 heterocycles. The zero-order valence-electron chi connectivity index (χ0n) is 20.1. The van der Waals surface area contributed by atoms with Crippen molar-refractivity contribution in [2.24, 2.45) is 0 Å². The van der Waals surface area contributed by atoms with Crippen LogP contribution in [0.4, 0.5) is 0 Å². The lowest BCUT2D eigenvalue weighted by molar-refractivity contribution is -0.136. The summed E-state index contributed by atoms with van der Waals surface area (Å²) in [5.74, 6) is 1.54.